The number of carbonyl (C=O) groups excluding carboxylic acids is 1. The number of aliphatic hydroxyl groups excluding tert-OH is 1. The number of para-hydroxylation sites is 1. The lowest BCUT2D eigenvalue weighted by atomic mass is 10.1. The highest BCUT2D eigenvalue weighted by molar-refractivity contribution is 6.30. The first-order valence-electron chi connectivity index (χ1n) is 7.61. The molecule has 0 spiro atoms. The fourth-order valence-electron chi connectivity index (χ4n) is 2.29. The van der Waals surface area contributed by atoms with Crippen molar-refractivity contribution in [3.63, 3.8) is 0 Å². The van der Waals surface area contributed by atoms with E-state index in [1.807, 2.05) is 59.5 Å². The van der Waals surface area contributed by atoms with Crippen LogP contribution in [0.1, 0.15) is 5.56 Å². The van der Waals surface area contributed by atoms with Crippen LogP contribution in [-0.2, 0) is 11.2 Å². The quantitative estimate of drug-likeness (QED) is 0.781. The molecule has 0 fully saturated rings. The monoisotopic (exact) mass is 332 g/mol. The van der Waals surface area contributed by atoms with E-state index in [0.29, 0.717) is 18.1 Å². The van der Waals surface area contributed by atoms with Crippen molar-refractivity contribution in [2.45, 2.75) is 6.42 Å². The highest BCUT2D eigenvalue weighted by Gasteiger charge is 2.10. The molecule has 2 rings (SSSR count). The molecule has 0 aliphatic heterocycles. The van der Waals surface area contributed by atoms with Crippen LogP contribution in [0.5, 0.6) is 0 Å². The molecule has 23 heavy (non-hydrogen) atoms. The minimum absolute atomic E-state index is 0.00689. The van der Waals surface area contributed by atoms with Gasteiger partial charge in [-0.05, 0) is 36.2 Å². The van der Waals surface area contributed by atoms with Gasteiger partial charge in [-0.1, -0.05) is 41.9 Å². The smallest absolute Gasteiger partial charge is 0.239 e. The van der Waals surface area contributed by atoms with Crippen molar-refractivity contribution in [3.05, 3.63) is 65.2 Å². The summed E-state index contributed by atoms with van der Waals surface area (Å²) in [5.41, 5.74) is 2.05. The van der Waals surface area contributed by atoms with E-state index in [0.717, 1.165) is 17.7 Å². The summed E-state index contributed by atoms with van der Waals surface area (Å²) in [6.07, 6.45) is 0.758. The maximum atomic E-state index is 12.1. The molecule has 1 amide bonds. The number of nitrogens with zero attached hydrogens (tertiary/aromatic N) is 1. The molecular weight excluding hydrogens is 312 g/mol. The number of carbonyl (C=O) groups is 1. The Morgan fingerprint density at radius 3 is 2.43 bits per heavy atom. The third kappa shape index (κ3) is 5.93. The van der Waals surface area contributed by atoms with Crippen molar-refractivity contribution in [1.29, 1.82) is 0 Å². The van der Waals surface area contributed by atoms with Crippen LogP contribution in [0.3, 0.4) is 0 Å². The largest absolute Gasteiger partial charge is 0.395 e. The van der Waals surface area contributed by atoms with Crippen LogP contribution < -0.4 is 10.2 Å². The lowest BCUT2D eigenvalue weighted by Crippen LogP contribution is -2.39. The fraction of sp³-hybridized carbons (Fsp3) is 0.278. The molecule has 0 aliphatic rings. The van der Waals surface area contributed by atoms with E-state index in [1.54, 1.807) is 0 Å². The lowest BCUT2D eigenvalue weighted by molar-refractivity contribution is -0.119. The van der Waals surface area contributed by atoms with Crippen LogP contribution in [0, 0.1) is 0 Å². The van der Waals surface area contributed by atoms with Crippen LogP contribution in [-0.4, -0.2) is 37.3 Å². The number of halogens is 1. The number of hydrogen-bond donors (Lipinski definition) is 2. The number of anilines is 1. The molecule has 122 valence electrons. The molecule has 0 saturated heterocycles. The molecule has 0 heterocycles. The molecule has 0 bridgehead atoms. The predicted molar refractivity (Wildman–Crippen MR) is 93.9 cm³/mol. The zero-order chi connectivity index (χ0) is 16.5. The zero-order valence-electron chi connectivity index (χ0n) is 12.9. The summed E-state index contributed by atoms with van der Waals surface area (Å²) in [5.74, 6) is -0.0590. The Balaban J connectivity index is 1.81. The number of hydrogen-bond acceptors (Lipinski definition) is 3. The van der Waals surface area contributed by atoms with Crippen molar-refractivity contribution in [2.24, 2.45) is 0 Å². The van der Waals surface area contributed by atoms with E-state index < -0.39 is 0 Å². The van der Waals surface area contributed by atoms with Gasteiger partial charge in [0.25, 0.3) is 0 Å². The van der Waals surface area contributed by atoms with E-state index in [2.05, 4.69) is 5.32 Å². The molecular formula is C18H21ClN2O2. The minimum atomic E-state index is -0.0590. The van der Waals surface area contributed by atoms with Gasteiger partial charge >= 0.3 is 0 Å². The summed E-state index contributed by atoms with van der Waals surface area (Å²) in [6.45, 7) is 1.23. The summed E-state index contributed by atoms with van der Waals surface area (Å²) in [6, 6.07) is 17.2. The average Bonchev–Trinajstić information content (AvgIpc) is 2.57. The Hall–Kier alpha value is -2.04. The number of benzene rings is 2. The zero-order valence-corrected chi connectivity index (χ0v) is 13.7. The second-order valence-corrected chi connectivity index (χ2v) is 5.64. The van der Waals surface area contributed by atoms with Gasteiger partial charge in [0.1, 0.15) is 0 Å². The first-order chi connectivity index (χ1) is 11.2. The summed E-state index contributed by atoms with van der Waals surface area (Å²) in [4.78, 5) is 13.9. The molecule has 2 aromatic carbocycles. The third-order valence-electron chi connectivity index (χ3n) is 3.47. The van der Waals surface area contributed by atoms with Gasteiger partial charge in [0.15, 0.2) is 0 Å². The van der Waals surface area contributed by atoms with Gasteiger partial charge < -0.3 is 15.3 Å². The van der Waals surface area contributed by atoms with Crippen molar-refractivity contribution >= 4 is 23.2 Å². The summed E-state index contributed by atoms with van der Waals surface area (Å²) in [7, 11) is 0. The third-order valence-corrected chi connectivity index (χ3v) is 3.73. The van der Waals surface area contributed by atoms with E-state index in [9.17, 15) is 9.90 Å². The Bertz CT molecular complexity index is 602. The molecule has 0 saturated carbocycles. The van der Waals surface area contributed by atoms with Gasteiger partial charge in [-0.15, -0.1) is 0 Å². The van der Waals surface area contributed by atoms with E-state index in [4.69, 9.17) is 11.6 Å². The predicted octanol–water partition coefficient (Wildman–Crippen LogP) is 2.50. The maximum absolute atomic E-state index is 12.1. The molecule has 0 aliphatic carbocycles. The standard InChI is InChI=1S/C18H21ClN2O2/c19-16-8-6-15(7-9-16)10-11-20-18(23)14-21(12-13-22)17-4-2-1-3-5-17/h1-9,22H,10-14H2,(H,20,23). The molecule has 4 nitrogen and oxygen atoms in total. The van der Waals surface area contributed by atoms with Crippen molar-refractivity contribution in [3.8, 4) is 0 Å². The first kappa shape index (κ1) is 17.3. The summed E-state index contributed by atoms with van der Waals surface area (Å²) in [5, 5.41) is 12.8. The van der Waals surface area contributed by atoms with Gasteiger partial charge in [0, 0.05) is 23.8 Å². The number of nitrogens with one attached hydrogen (secondary N) is 1. The van der Waals surface area contributed by atoms with Crippen LogP contribution in [0.4, 0.5) is 5.69 Å². The van der Waals surface area contributed by atoms with Gasteiger partial charge in [-0.2, -0.15) is 0 Å². The second-order valence-electron chi connectivity index (χ2n) is 5.21. The van der Waals surface area contributed by atoms with E-state index >= 15 is 0 Å². The SMILES string of the molecule is O=C(CN(CCO)c1ccccc1)NCCc1ccc(Cl)cc1. The molecule has 5 heteroatoms. The van der Waals surface area contributed by atoms with Gasteiger partial charge in [-0.25, -0.2) is 0 Å². The van der Waals surface area contributed by atoms with Crippen LogP contribution in [0.25, 0.3) is 0 Å². The average molecular weight is 333 g/mol. The summed E-state index contributed by atoms with van der Waals surface area (Å²) >= 11 is 5.85. The minimum Gasteiger partial charge on any atom is -0.395 e. The van der Waals surface area contributed by atoms with Gasteiger partial charge in [0.05, 0.1) is 13.2 Å². The molecule has 0 aromatic heterocycles. The lowest BCUT2D eigenvalue weighted by Gasteiger charge is -2.23. The van der Waals surface area contributed by atoms with Gasteiger partial charge in [-0.3, -0.25) is 4.79 Å². The number of aliphatic hydroxyl groups is 1. The Kier molecular flexibility index (Phi) is 6.91. The molecule has 2 aromatic rings. The Labute approximate surface area is 141 Å². The van der Waals surface area contributed by atoms with Gasteiger partial charge in [0.2, 0.25) is 5.91 Å². The van der Waals surface area contributed by atoms with Crippen molar-refractivity contribution < 1.29 is 9.90 Å². The van der Waals surface area contributed by atoms with E-state index in [-0.39, 0.29) is 19.1 Å². The maximum Gasteiger partial charge on any atom is 0.239 e. The highest BCUT2D eigenvalue weighted by Crippen LogP contribution is 2.12. The summed E-state index contributed by atoms with van der Waals surface area (Å²) < 4.78 is 0. The topological polar surface area (TPSA) is 52.6 Å². The fourth-order valence-corrected chi connectivity index (χ4v) is 2.41. The Morgan fingerprint density at radius 2 is 1.78 bits per heavy atom. The molecule has 0 radical (unpaired) electrons. The molecule has 2 N–H and O–H groups in total. The first-order valence-corrected chi connectivity index (χ1v) is 7.99. The Morgan fingerprint density at radius 1 is 1.09 bits per heavy atom. The number of rotatable bonds is 8. The molecule has 0 unspecified atom stereocenters. The van der Waals surface area contributed by atoms with Crippen LogP contribution in [0.2, 0.25) is 5.02 Å². The molecule has 0 atom stereocenters. The van der Waals surface area contributed by atoms with Crippen LogP contribution in [0.15, 0.2) is 54.6 Å². The van der Waals surface area contributed by atoms with Crippen LogP contribution >= 0.6 is 11.6 Å². The number of amides is 1. The second kappa shape index (κ2) is 9.18. The van der Waals surface area contributed by atoms with Crippen molar-refractivity contribution in [2.75, 3.05) is 31.1 Å². The van der Waals surface area contributed by atoms with Crippen molar-refractivity contribution in [1.82, 2.24) is 5.32 Å². The highest BCUT2D eigenvalue weighted by atomic mass is 35.5. The normalized spacial score (nSPS) is 10.3. The van der Waals surface area contributed by atoms with E-state index in [1.165, 1.54) is 0 Å².